The van der Waals surface area contributed by atoms with Gasteiger partial charge in [0.1, 0.15) is 5.25 Å². The van der Waals surface area contributed by atoms with Gasteiger partial charge in [0.2, 0.25) is 5.91 Å². The second kappa shape index (κ2) is 9.40. The molecule has 1 atom stereocenters. The summed E-state index contributed by atoms with van der Waals surface area (Å²) in [5.74, 6) is 0.0728. The monoisotopic (exact) mass is 463 g/mol. The van der Waals surface area contributed by atoms with Crippen molar-refractivity contribution in [1.29, 1.82) is 0 Å². The molecule has 4 rings (SSSR count). The van der Waals surface area contributed by atoms with Crippen LogP contribution in [-0.4, -0.2) is 46.9 Å². The van der Waals surface area contributed by atoms with Crippen LogP contribution < -0.4 is 0 Å². The Morgan fingerprint density at radius 1 is 1.14 bits per heavy atom. The average Bonchev–Trinajstić information content (AvgIpc) is 3.13. The van der Waals surface area contributed by atoms with E-state index in [-0.39, 0.29) is 11.2 Å². The number of nitrogens with zero attached hydrogens (tertiary/aromatic N) is 3. The highest BCUT2D eigenvalue weighted by atomic mass is 35.5. The largest absolute Gasteiger partial charge is 0.378 e. The van der Waals surface area contributed by atoms with Gasteiger partial charge in [-0.2, -0.15) is 0 Å². The fourth-order valence-corrected chi connectivity index (χ4v) is 5.76. The van der Waals surface area contributed by atoms with Gasteiger partial charge in [-0.05, 0) is 42.0 Å². The van der Waals surface area contributed by atoms with Gasteiger partial charge in [-0.25, -0.2) is 4.68 Å². The highest BCUT2D eigenvalue weighted by molar-refractivity contribution is 8.02. The van der Waals surface area contributed by atoms with Gasteiger partial charge in [0.15, 0.2) is 8.29 Å². The molecule has 1 aliphatic rings. The highest BCUT2D eigenvalue weighted by Gasteiger charge is 2.29. The fraction of sp³-hybridized carbons (Fsp3) is 0.250. The van der Waals surface area contributed by atoms with Crippen LogP contribution in [-0.2, 0) is 9.53 Å². The minimum absolute atomic E-state index is 0.0728. The number of halogens is 1. The minimum Gasteiger partial charge on any atom is -0.378 e. The van der Waals surface area contributed by atoms with Crippen molar-refractivity contribution < 1.29 is 9.53 Å². The molecule has 0 spiro atoms. The molecular weight excluding hydrogens is 446 g/mol. The lowest BCUT2D eigenvalue weighted by Crippen LogP contribution is -2.42. The molecule has 0 saturated carbocycles. The van der Waals surface area contributed by atoms with E-state index in [1.165, 1.54) is 23.1 Å². The number of thioether (sulfide) groups is 1. The summed E-state index contributed by atoms with van der Waals surface area (Å²) in [5, 5.41) is 4.93. The number of carbonyl (C=O) groups is 1. The number of hydrogen-bond acceptors (Lipinski definition) is 6. The molecule has 1 fully saturated rings. The van der Waals surface area contributed by atoms with Crippen molar-refractivity contribution in [2.24, 2.45) is 0 Å². The van der Waals surface area contributed by atoms with E-state index in [1.807, 2.05) is 47.4 Å². The van der Waals surface area contributed by atoms with E-state index in [4.69, 9.17) is 28.6 Å². The number of amides is 1. The van der Waals surface area contributed by atoms with Crippen LogP contribution in [0.3, 0.4) is 0 Å². The molecule has 9 heteroatoms. The van der Waals surface area contributed by atoms with E-state index >= 15 is 0 Å². The first-order valence-electron chi connectivity index (χ1n) is 9.06. The lowest BCUT2D eigenvalue weighted by Gasteiger charge is -2.30. The van der Waals surface area contributed by atoms with Gasteiger partial charge in [0.25, 0.3) is 0 Å². The second-order valence-electron chi connectivity index (χ2n) is 6.37. The number of benzene rings is 2. The second-order valence-corrected chi connectivity index (χ2v) is 9.78. The van der Waals surface area contributed by atoms with Gasteiger partial charge < -0.3 is 9.64 Å². The average molecular weight is 464 g/mol. The van der Waals surface area contributed by atoms with Crippen LogP contribution in [0.15, 0.2) is 58.9 Å². The number of aromatic nitrogens is 2. The molecule has 0 N–H and O–H groups in total. The molecule has 0 aliphatic carbocycles. The van der Waals surface area contributed by atoms with E-state index in [0.29, 0.717) is 35.3 Å². The van der Waals surface area contributed by atoms with E-state index in [1.54, 1.807) is 16.8 Å². The minimum atomic E-state index is -0.381. The van der Waals surface area contributed by atoms with Crippen molar-refractivity contribution in [2.75, 3.05) is 26.3 Å². The van der Waals surface area contributed by atoms with E-state index in [2.05, 4.69) is 5.10 Å². The third-order valence-corrected chi connectivity index (χ3v) is 7.28. The van der Waals surface area contributed by atoms with Crippen LogP contribution >= 0.6 is 46.9 Å². The molecule has 1 amide bonds. The Morgan fingerprint density at radius 3 is 2.52 bits per heavy atom. The quantitative estimate of drug-likeness (QED) is 0.393. The van der Waals surface area contributed by atoms with Crippen LogP contribution in [0.2, 0.25) is 5.02 Å². The van der Waals surface area contributed by atoms with Gasteiger partial charge in [0, 0.05) is 18.1 Å². The standard InChI is InChI=1S/C20H18ClN3O2S3/c21-15-6-8-16(9-7-15)24-20(27)29-19(22-24)28-17(14-4-2-1-3-5-14)18(25)23-10-12-26-13-11-23/h1-9,17H,10-13H2. The Kier molecular flexibility index (Phi) is 6.67. The van der Waals surface area contributed by atoms with Crippen molar-refractivity contribution in [3.05, 3.63) is 69.1 Å². The van der Waals surface area contributed by atoms with Gasteiger partial charge in [0.05, 0.1) is 18.9 Å². The van der Waals surface area contributed by atoms with Crippen LogP contribution in [0, 0.1) is 3.95 Å². The summed E-state index contributed by atoms with van der Waals surface area (Å²) in [6.07, 6.45) is 0. The van der Waals surface area contributed by atoms with E-state index in [9.17, 15) is 4.79 Å². The van der Waals surface area contributed by atoms with Gasteiger partial charge in [-0.15, -0.1) is 5.10 Å². The molecule has 2 heterocycles. The van der Waals surface area contributed by atoms with Crippen LogP contribution in [0.25, 0.3) is 5.69 Å². The zero-order chi connectivity index (χ0) is 20.2. The van der Waals surface area contributed by atoms with Crippen molar-refractivity contribution in [3.63, 3.8) is 0 Å². The maximum atomic E-state index is 13.3. The van der Waals surface area contributed by atoms with Crippen molar-refractivity contribution in [1.82, 2.24) is 14.7 Å². The molecule has 1 unspecified atom stereocenters. The summed E-state index contributed by atoms with van der Waals surface area (Å²) in [6.45, 7) is 2.36. The summed E-state index contributed by atoms with van der Waals surface area (Å²) in [4.78, 5) is 15.1. The predicted octanol–water partition coefficient (Wildman–Crippen LogP) is 5.01. The Hall–Kier alpha value is -1.71. The summed E-state index contributed by atoms with van der Waals surface area (Å²) in [6, 6.07) is 17.2. The molecule has 150 valence electrons. The molecular formula is C20H18ClN3O2S3. The molecule has 1 aromatic heterocycles. The summed E-state index contributed by atoms with van der Waals surface area (Å²) in [5.41, 5.74) is 1.80. The maximum Gasteiger partial charge on any atom is 0.240 e. The molecule has 0 radical (unpaired) electrons. The van der Waals surface area contributed by atoms with Gasteiger partial charge in [-0.3, -0.25) is 4.79 Å². The number of morpholine rings is 1. The molecule has 5 nitrogen and oxygen atoms in total. The fourth-order valence-electron chi connectivity index (χ4n) is 2.99. The maximum absolute atomic E-state index is 13.3. The number of rotatable bonds is 5. The molecule has 2 aromatic carbocycles. The predicted molar refractivity (Wildman–Crippen MR) is 120 cm³/mol. The molecule has 1 aliphatic heterocycles. The molecule has 29 heavy (non-hydrogen) atoms. The van der Waals surface area contributed by atoms with Crippen molar-refractivity contribution in [3.8, 4) is 5.69 Å². The molecule has 3 aromatic rings. The van der Waals surface area contributed by atoms with E-state index in [0.717, 1.165) is 15.6 Å². The van der Waals surface area contributed by atoms with Crippen molar-refractivity contribution in [2.45, 2.75) is 9.59 Å². The van der Waals surface area contributed by atoms with Gasteiger partial charge >= 0.3 is 0 Å². The summed E-state index contributed by atoms with van der Waals surface area (Å²) >= 11 is 14.3. The van der Waals surface area contributed by atoms with Crippen LogP contribution in [0.1, 0.15) is 10.8 Å². The number of hydrogen-bond donors (Lipinski definition) is 0. The Bertz CT molecular complexity index is 1030. The number of carbonyl (C=O) groups excluding carboxylic acids is 1. The molecule has 0 bridgehead atoms. The van der Waals surface area contributed by atoms with Crippen molar-refractivity contribution >= 4 is 52.8 Å². The summed E-state index contributed by atoms with van der Waals surface area (Å²) in [7, 11) is 0. The third-order valence-electron chi connectivity index (χ3n) is 4.47. The zero-order valence-corrected chi connectivity index (χ0v) is 18.6. The highest BCUT2D eigenvalue weighted by Crippen LogP contribution is 2.38. The Labute approximate surface area is 187 Å². The molecule has 1 saturated heterocycles. The number of ether oxygens (including phenoxy) is 1. The normalized spacial score (nSPS) is 15.3. The first kappa shape index (κ1) is 20.6. The van der Waals surface area contributed by atoms with Gasteiger partial charge in [-0.1, -0.05) is 65.0 Å². The topological polar surface area (TPSA) is 47.4 Å². The lowest BCUT2D eigenvalue weighted by molar-refractivity contribution is -0.134. The van der Waals surface area contributed by atoms with Crippen LogP contribution in [0.5, 0.6) is 0 Å². The first-order valence-corrected chi connectivity index (χ1v) is 11.5. The first-order chi connectivity index (χ1) is 14.1. The Morgan fingerprint density at radius 2 is 1.83 bits per heavy atom. The van der Waals surface area contributed by atoms with E-state index < -0.39 is 0 Å². The SMILES string of the molecule is O=C(C(Sc1nn(-c2ccc(Cl)cc2)c(=S)s1)c1ccccc1)N1CCOCC1. The zero-order valence-electron chi connectivity index (χ0n) is 15.4. The Balaban J connectivity index is 1.62. The third kappa shape index (κ3) is 4.90. The lowest BCUT2D eigenvalue weighted by atomic mass is 10.1. The van der Waals surface area contributed by atoms with Crippen LogP contribution in [0.4, 0.5) is 0 Å². The smallest absolute Gasteiger partial charge is 0.240 e. The summed E-state index contributed by atoms with van der Waals surface area (Å²) < 4.78 is 8.48.